The first-order valence-electron chi connectivity index (χ1n) is 11.1. The van der Waals surface area contributed by atoms with Gasteiger partial charge in [-0.05, 0) is 60.9 Å². The van der Waals surface area contributed by atoms with Gasteiger partial charge in [0.2, 0.25) is 0 Å². The Bertz CT molecular complexity index is 1120. The van der Waals surface area contributed by atoms with Crippen molar-refractivity contribution in [1.82, 2.24) is 9.80 Å². The van der Waals surface area contributed by atoms with Crippen LogP contribution in [0.3, 0.4) is 0 Å². The van der Waals surface area contributed by atoms with Gasteiger partial charge in [0.15, 0.2) is 0 Å². The Morgan fingerprint density at radius 3 is 2.33 bits per heavy atom. The van der Waals surface area contributed by atoms with E-state index in [4.69, 9.17) is 27.9 Å². The number of hydrogen-bond acceptors (Lipinski definition) is 3. The van der Waals surface area contributed by atoms with Crippen LogP contribution in [-0.2, 0) is 13.2 Å². The number of benzene rings is 3. The summed E-state index contributed by atoms with van der Waals surface area (Å²) in [4.78, 5) is 17.3. The molecule has 3 aromatic rings. The molecule has 1 heterocycles. The molecule has 1 aliphatic rings. The fourth-order valence-corrected chi connectivity index (χ4v) is 4.53. The van der Waals surface area contributed by atoms with Crippen LogP contribution in [-0.4, -0.2) is 41.9 Å². The summed E-state index contributed by atoms with van der Waals surface area (Å²) in [6.45, 7) is 8.10. The van der Waals surface area contributed by atoms with Crippen LogP contribution >= 0.6 is 23.2 Å². The first kappa shape index (κ1) is 23.6. The van der Waals surface area contributed by atoms with Crippen molar-refractivity contribution < 1.29 is 9.53 Å². The summed E-state index contributed by atoms with van der Waals surface area (Å²) in [6.07, 6.45) is 0. The third kappa shape index (κ3) is 5.89. The van der Waals surface area contributed by atoms with E-state index in [0.717, 1.165) is 41.1 Å². The largest absolute Gasteiger partial charge is 0.489 e. The molecule has 172 valence electrons. The van der Waals surface area contributed by atoms with Crippen molar-refractivity contribution in [3.05, 3.63) is 98.5 Å². The average molecular weight is 483 g/mol. The lowest BCUT2D eigenvalue weighted by Gasteiger charge is -2.35. The quantitative estimate of drug-likeness (QED) is 0.422. The van der Waals surface area contributed by atoms with Crippen LogP contribution in [0.15, 0.2) is 60.7 Å². The minimum Gasteiger partial charge on any atom is -0.489 e. The normalized spacial score (nSPS) is 14.4. The molecule has 0 bridgehead atoms. The van der Waals surface area contributed by atoms with E-state index >= 15 is 0 Å². The molecule has 6 heteroatoms. The lowest BCUT2D eigenvalue weighted by molar-refractivity contribution is 0.0628. The van der Waals surface area contributed by atoms with Crippen molar-refractivity contribution in [3.8, 4) is 5.75 Å². The van der Waals surface area contributed by atoms with Crippen molar-refractivity contribution >= 4 is 29.1 Å². The Morgan fingerprint density at radius 2 is 1.61 bits per heavy atom. The molecule has 4 rings (SSSR count). The maximum Gasteiger partial charge on any atom is 0.253 e. The molecule has 3 aromatic carbocycles. The molecular formula is C27H28Cl2N2O2. The smallest absolute Gasteiger partial charge is 0.253 e. The highest BCUT2D eigenvalue weighted by Crippen LogP contribution is 2.26. The first-order valence-corrected chi connectivity index (χ1v) is 11.9. The molecule has 0 saturated carbocycles. The molecule has 1 aliphatic heterocycles. The van der Waals surface area contributed by atoms with E-state index in [1.165, 1.54) is 0 Å². The van der Waals surface area contributed by atoms with Gasteiger partial charge in [0.25, 0.3) is 5.91 Å². The summed E-state index contributed by atoms with van der Waals surface area (Å²) in [7, 11) is 0. The van der Waals surface area contributed by atoms with E-state index in [1.807, 2.05) is 67.3 Å². The standard InChI is InChI=1S/C27H28Cl2N2O2/c1-19-9-10-20(2)26(15-19)33-18-21-5-3-6-22(16-21)27(32)31-13-11-30(12-14-31)17-23-24(28)7-4-8-25(23)29/h3-10,15-16H,11-14,17-18H2,1-2H3. The first-order chi connectivity index (χ1) is 15.9. The Morgan fingerprint density at radius 1 is 0.909 bits per heavy atom. The van der Waals surface area contributed by atoms with Gasteiger partial charge in [-0.3, -0.25) is 9.69 Å². The molecule has 0 aliphatic carbocycles. The van der Waals surface area contributed by atoms with Crippen LogP contribution in [0.5, 0.6) is 5.75 Å². The minimum absolute atomic E-state index is 0.0546. The predicted octanol–water partition coefficient (Wildman–Crippen LogP) is 6.15. The van der Waals surface area contributed by atoms with E-state index in [0.29, 0.717) is 41.8 Å². The summed E-state index contributed by atoms with van der Waals surface area (Å²) in [6, 6.07) is 19.5. The molecular weight excluding hydrogens is 455 g/mol. The van der Waals surface area contributed by atoms with Gasteiger partial charge in [-0.2, -0.15) is 0 Å². The number of nitrogens with zero attached hydrogens (tertiary/aromatic N) is 2. The van der Waals surface area contributed by atoms with Gasteiger partial charge < -0.3 is 9.64 Å². The number of amides is 1. The van der Waals surface area contributed by atoms with Crippen molar-refractivity contribution in [1.29, 1.82) is 0 Å². The average Bonchev–Trinajstić information content (AvgIpc) is 2.82. The number of piperazine rings is 1. The van der Waals surface area contributed by atoms with E-state index in [-0.39, 0.29) is 5.91 Å². The maximum absolute atomic E-state index is 13.1. The highest BCUT2D eigenvalue weighted by Gasteiger charge is 2.23. The third-order valence-corrected chi connectivity index (χ3v) is 6.72. The molecule has 0 unspecified atom stereocenters. The molecule has 1 amide bonds. The van der Waals surface area contributed by atoms with Crippen LogP contribution in [0.4, 0.5) is 0 Å². The van der Waals surface area contributed by atoms with Crippen LogP contribution < -0.4 is 4.74 Å². The molecule has 0 radical (unpaired) electrons. The Kier molecular flexibility index (Phi) is 7.59. The van der Waals surface area contributed by atoms with E-state index < -0.39 is 0 Å². The lowest BCUT2D eigenvalue weighted by Crippen LogP contribution is -2.48. The molecule has 1 fully saturated rings. The van der Waals surface area contributed by atoms with Crippen molar-refractivity contribution in [2.24, 2.45) is 0 Å². The van der Waals surface area contributed by atoms with Crippen molar-refractivity contribution in [3.63, 3.8) is 0 Å². The maximum atomic E-state index is 13.1. The second-order valence-electron chi connectivity index (χ2n) is 8.53. The van der Waals surface area contributed by atoms with Gasteiger partial charge in [0, 0.05) is 53.9 Å². The number of carbonyl (C=O) groups excluding carboxylic acids is 1. The number of carbonyl (C=O) groups is 1. The lowest BCUT2D eigenvalue weighted by atomic mass is 10.1. The zero-order valence-electron chi connectivity index (χ0n) is 19.0. The van der Waals surface area contributed by atoms with E-state index in [2.05, 4.69) is 17.0 Å². The van der Waals surface area contributed by atoms with Gasteiger partial charge in [-0.15, -0.1) is 0 Å². The SMILES string of the molecule is Cc1ccc(C)c(OCc2cccc(C(=O)N3CCN(Cc4c(Cl)cccc4Cl)CC3)c2)c1. The van der Waals surface area contributed by atoms with Crippen molar-refractivity contribution in [2.45, 2.75) is 27.0 Å². The van der Waals surface area contributed by atoms with Gasteiger partial charge in [0.05, 0.1) is 0 Å². The van der Waals surface area contributed by atoms with Crippen LogP contribution in [0.2, 0.25) is 10.0 Å². The Hall–Kier alpha value is -2.53. The summed E-state index contributed by atoms with van der Waals surface area (Å²) >= 11 is 12.6. The fraction of sp³-hybridized carbons (Fsp3) is 0.296. The topological polar surface area (TPSA) is 32.8 Å². The molecule has 0 aromatic heterocycles. The second-order valence-corrected chi connectivity index (χ2v) is 9.34. The van der Waals surface area contributed by atoms with Gasteiger partial charge in [0.1, 0.15) is 12.4 Å². The number of halogens is 2. The molecule has 33 heavy (non-hydrogen) atoms. The monoisotopic (exact) mass is 482 g/mol. The van der Waals surface area contributed by atoms with Crippen molar-refractivity contribution in [2.75, 3.05) is 26.2 Å². The van der Waals surface area contributed by atoms with E-state index in [9.17, 15) is 4.79 Å². The molecule has 0 N–H and O–H groups in total. The molecule has 0 atom stereocenters. The summed E-state index contributed by atoms with van der Waals surface area (Å²) in [5.74, 6) is 0.931. The van der Waals surface area contributed by atoms with Crippen LogP contribution in [0.25, 0.3) is 0 Å². The highest BCUT2D eigenvalue weighted by atomic mass is 35.5. The number of aryl methyl sites for hydroxylation is 2. The van der Waals surface area contributed by atoms with Gasteiger partial charge >= 0.3 is 0 Å². The number of rotatable bonds is 6. The minimum atomic E-state index is 0.0546. The van der Waals surface area contributed by atoms with Crippen LogP contribution in [0, 0.1) is 13.8 Å². The molecule has 0 spiro atoms. The number of ether oxygens (including phenoxy) is 1. The van der Waals surface area contributed by atoms with Crippen LogP contribution in [0.1, 0.15) is 32.6 Å². The second kappa shape index (κ2) is 10.6. The third-order valence-electron chi connectivity index (χ3n) is 6.01. The zero-order valence-corrected chi connectivity index (χ0v) is 20.5. The van der Waals surface area contributed by atoms with Gasteiger partial charge in [-0.25, -0.2) is 0 Å². The zero-order chi connectivity index (χ0) is 23.4. The Labute approximate surface area is 205 Å². The fourth-order valence-electron chi connectivity index (χ4n) is 4.02. The molecule has 4 nitrogen and oxygen atoms in total. The summed E-state index contributed by atoms with van der Waals surface area (Å²) in [5.41, 5.74) is 4.88. The summed E-state index contributed by atoms with van der Waals surface area (Å²) in [5, 5.41) is 1.36. The highest BCUT2D eigenvalue weighted by molar-refractivity contribution is 6.35. The summed E-state index contributed by atoms with van der Waals surface area (Å²) < 4.78 is 6.02. The Balaban J connectivity index is 1.35. The number of hydrogen-bond donors (Lipinski definition) is 0. The molecule has 1 saturated heterocycles. The van der Waals surface area contributed by atoms with Gasteiger partial charge in [-0.1, -0.05) is 53.5 Å². The van der Waals surface area contributed by atoms with E-state index in [1.54, 1.807) is 0 Å². The predicted molar refractivity (Wildman–Crippen MR) is 134 cm³/mol.